The predicted molar refractivity (Wildman–Crippen MR) is 46.5 cm³/mol. The van der Waals surface area contributed by atoms with Crippen molar-refractivity contribution in [1.29, 1.82) is 5.26 Å². The predicted octanol–water partition coefficient (Wildman–Crippen LogP) is 2.77. The second-order valence-corrected chi connectivity index (χ2v) is 3.04. The van der Waals surface area contributed by atoms with Gasteiger partial charge >= 0.3 is 0 Å². The van der Waals surface area contributed by atoms with E-state index >= 15 is 0 Å². The van der Waals surface area contributed by atoms with Gasteiger partial charge in [0.15, 0.2) is 0 Å². The van der Waals surface area contributed by atoms with Crippen molar-refractivity contribution in [3.05, 3.63) is 34.5 Å². The highest BCUT2D eigenvalue weighted by atomic mass is 32.1. The van der Waals surface area contributed by atoms with Crippen molar-refractivity contribution < 1.29 is 0 Å². The molecule has 2 heteroatoms. The van der Waals surface area contributed by atoms with Gasteiger partial charge in [-0.3, -0.25) is 0 Å². The molecule has 0 atom stereocenters. The van der Waals surface area contributed by atoms with Crippen LogP contribution in [0, 0.1) is 11.3 Å². The Morgan fingerprint density at radius 2 is 2.18 bits per heavy atom. The lowest BCUT2D eigenvalue weighted by molar-refractivity contribution is 1.51. The van der Waals surface area contributed by atoms with Crippen molar-refractivity contribution in [2.45, 2.75) is 0 Å². The summed E-state index contributed by atoms with van der Waals surface area (Å²) in [6.07, 6.45) is 0. The van der Waals surface area contributed by atoms with E-state index in [1.165, 1.54) is 0 Å². The van der Waals surface area contributed by atoms with E-state index in [-0.39, 0.29) is 0 Å². The Hall–Kier alpha value is -1.33. The number of fused-ring (bicyclic) bond motifs is 1. The van der Waals surface area contributed by atoms with E-state index in [0.717, 1.165) is 16.3 Å². The minimum absolute atomic E-state index is 0.767. The van der Waals surface area contributed by atoms with E-state index in [4.69, 9.17) is 5.26 Å². The summed E-state index contributed by atoms with van der Waals surface area (Å²) in [6, 6.07) is 7.94. The summed E-state index contributed by atoms with van der Waals surface area (Å²) >= 11 is 1.63. The quantitative estimate of drug-likeness (QED) is 0.579. The molecule has 52 valence electrons. The molecule has 1 nitrogen and oxygen atoms in total. The van der Waals surface area contributed by atoms with E-state index < -0.39 is 0 Å². The summed E-state index contributed by atoms with van der Waals surface area (Å²) in [5.41, 5.74) is 0.767. The Kier molecular flexibility index (Phi) is 1.38. The number of benzene rings is 1. The standard InChI is InChI=1S/C9H5NS/c10-4-7-2-1-3-8-5-11-6-9(7)8/h1-3,5-6H. The van der Waals surface area contributed by atoms with Gasteiger partial charge in [0, 0.05) is 5.39 Å². The highest BCUT2D eigenvalue weighted by Gasteiger charge is 1.98. The van der Waals surface area contributed by atoms with Gasteiger partial charge in [0.2, 0.25) is 0 Å². The smallest absolute Gasteiger partial charge is 0.0998 e. The fourth-order valence-corrected chi connectivity index (χ4v) is 1.91. The SMILES string of the molecule is N#Cc1cccc2cscc12. The molecule has 0 saturated carbocycles. The van der Waals surface area contributed by atoms with Crippen molar-refractivity contribution in [3.63, 3.8) is 0 Å². The molecule has 1 heterocycles. The topological polar surface area (TPSA) is 23.8 Å². The molecule has 0 aliphatic carbocycles. The number of rotatable bonds is 0. The summed E-state index contributed by atoms with van der Waals surface area (Å²) in [7, 11) is 0. The zero-order valence-electron chi connectivity index (χ0n) is 5.74. The zero-order chi connectivity index (χ0) is 7.68. The molecule has 0 aliphatic rings. The lowest BCUT2D eigenvalue weighted by Gasteiger charge is -1.89. The van der Waals surface area contributed by atoms with E-state index in [2.05, 4.69) is 11.4 Å². The molecule has 0 N–H and O–H groups in total. The van der Waals surface area contributed by atoms with Crippen LogP contribution in [0.15, 0.2) is 29.0 Å². The van der Waals surface area contributed by atoms with Gasteiger partial charge < -0.3 is 0 Å². The maximum absolute atomic E-state index is 8.71. The Labute approximate surface area is 68.5 Å². The third-order valence-corrected chi connectivity index (χ3v) is 2.40. The van der Waals surface area contributed by atoms with Gasteiger partial charge in [0.1, 0.15) is 0 Å². The fraction of sp³-hybridized carbons (Fsp3) is 0. The summed E-state index contributed by atoms with van der Waals surface area (Å²) in [5, 5.41) is 15.0. The lowest BCUT2D eigenvalue weighted by Crippen LogP contribution is -1.72. The van der Waals surface area contributed by atoms with Crippen LogP contribution in [0.4, 0.5) is 0 Å². The maximum Gasteiger partial charge on any atom is 0.0998 e. The molecule has 0 saturated heterocycles. The van der Waals surface area contributed by atoms with Crippen molar-refractivity contribution in [2.24, 2.45) is 0 Å². The van der Waals surface area contributed by atoms with Gasteiger partial charge in [-0.25, -0.2) is 0 Å². The third-order valence-electron chi connectivity index (χ3n) is 1.64. The number of nitriles is 1. The van der Waals surface area contributed by atoms with Gasteiger partial charge in [-0.05, 0) is 22.2 Å². The Bertz CT molecular complexity index is 422. The first-order chi connectivity index (χ1) is 5.42. The molecule has 2 rings (SSSR count). The average Bonchev–Trinajstić information content (AvgIpc) is 2.50. The highest BCUT2D eigenvalue weighted by molar-refractivity contribution is 7.09. The summed E-state index contributed by atoms with van der Waals surface area (Å²) in [4.78, 5) is 0. The second kappa shape index (κ2) is 2.37. The molecule has 2 aromatic rings. The minimum Gasteiger partial charge on any atom is -0.192 e. The van der Waals surface area contributed by atoms with Crippen molar-refractivity contribution in [3.8, 4) is 6.07 Å². The lowest BCUT2D eigenvalue weighted by atomic mass is 10.1. The van der Waals surface area contributed by atoms with Crippen LogP contribution in [0.5, 0.6) is 0 Å². The molecule has 0 amide bonds. The molecule has 0 fully saturated rings. The average molecular weight is 159 g/mol. The third kappa shape index (κ3) is 0.903. The van der Waals surface area contributed by atoms with E-state index in [9.17, 15) is 0 Å². The van der Waals surface area contributed by atoms with Crippen LogP contribution in [0.25, 0.3) is 10.8 Å². The summed E-state index contributed by atoms with van der Waals surface area (Å²) in [5.74, 6) is 0. The first-order valence-electron chi connectivity index (χ1n) is 3.27. The van der Waals surface area contributed by atoms with Crippen LogP contribution in [-0.4, -0.2) is 0 Å². The van der Waals surface area contributed by atoms with E-state index in [1.807, 2.05) is 23.6 Å². The highest BCUT2D eigenvalue weighted by Crippen LogP contribution is 2.21. The van der Waals surface area contributed by atoms with Gasteiger partial charge in [-0.2, -0.15) is 16.6 Å². The largest absolute Gasteiger partial charge is 0.192 e. The van der Waals surface area contributed by atoms with Crippen molar-refractivity contribution in [1.82, 2.24) is 0 Å². The Morgan fingerprint density at radius 1 is 1.27 bits per heavy atom. The molecular formula is C9H5NS. The van der Waals surface area contributed by atoms with Crippen LogP contribution in [0.2, 0.25) is 0 Å². The number of thiophene rings is 1. The maximum atomic E-state index is 8.71. The Morgan fingerprint density at radius 3 is 3.00 bits per heavy atom. The fourth-order valence-electron chi connectivity index (χ4n) is 1.09. The van der Waals surface area contributed by atoms with Gasteiger partial charge in [-0.1, -0.05) is 12.1 Å². The van der Waals surface area contributed by atoms with Crippen LogP contribution in [0.1, 0.15) is 5.56 Å². The molecule has 0 radical (unpaired) electrons. The molecule has 1 aromatic heterocycles. The monoisotopic (exact) mass is 159 g/mol. The number of hydrogen-bond donors (Lipinski definition) is 0. The van der Waals surface area contributed by atoms with Crippen LogP contribution in [-0.2, 0) is 0 Å². The molecule has 0 spiro atoms. The second-order valence-electron chi connectivity index (χ2n) is 2.29. The first kappa shape index (κ1) is 6.38. The molecule has 11 heavy (non-hydrogen) atoms. The summed E-state index contributed by atoms with van der Waals surface area (Å²) < 4.78 is 0. The van der Waals surface area contributed by atoms with Crippen molar-refractivity contribution >= 4 is 22.1 Å². The molecule has 0 unspecified atom stereocenters. The molecular weight excluding hydrogens is 154 g/mol. The van der Waals surface area contributed by atoms with E-state index in [1.54, 1.807) is 11.3 Å². The van der Waals surface area contributed by atoms with E-state index in [0.29, 0.717) is 0 Å². The Balaban J connectivity index is 2.92. The normalized spacial score (nSPS) is 9.73. The molecule has 1 aromatic carbocycles. The molecule has 0 bridgehead atoms. The molecule has 0 aliphatic heterocycles. The first-order valence-corrected chi connectivity index (χ1v) is 4.21. The minimum atomic E-state index is 0.767. The number of nitrogens with zero attached hydrogens (tertiary/aromatic N) is 1. The van der Waals surface area contributed by atoms with Crippen LogP contribution < -0.4 is 0 Å². The number of hydrogen-bond acceptors (Lipinski definition) is 2. The summed E-state index contributed by atoms with van der Waals surface area (Å²) in [6.45, 7) is 0. The van der Waals surface area contributed by atoms with Crippen molar-refractivity contribution in [2.75, 3.05) is 0 Å². The van der Waals surface area contributed by atoms with Gasteiger partial charge in [-0.15, -0.1) is 0 Å². The van der Waals surface area contributed by atoms with Crippen LogP contribution >= 0.6 is 11.3 Å². The van der Waals surface area contributed by atoms with Gasteiger partial charge in [0.05, 0.1) is 11.6 Å². The van der Waals surface area contributed by atoms with Crippen LogP contribution in [0.3, 0.4) is 0 Å². The van der Waals surface area contributed by atoms with Gasteiger partial charge in [0.25, 0.3) is 0 Å². The zero-order valence-corrected chi connectivity index (χ0v) is 6.56.